The van der Waals surface area contributed by atoms with Crippen LogP contribution in [0.5, 0.6) is 0 Å². The maximum Gasteiger partial charge on any atom is 0.338 e. The average Bonchev–Trinajstić information content (AvgIpc) is 2.89. The molecular formula is C16H18N2O5. The molecule has 0 unspecified atom stereocenters. The minimum Gasteiger partial charge on any atom is -0.452 e. The summed E-state index contributed by atoms with van der Waals surface area (Å²) < 4.78 is 4.92. The maximum absolute atomic E-state index is 12.0. The zero-order chi connectivity index (χ0) is 16.8. The first-order chi connectivity index (χ1) is 11.0. The van der Waals surface area contributed by atoms with Gasteiger partial charge in [0.1, 0.15) is 0 Å². The van der Waals surface area contributed by atoms with Gasteiger partial charge in [-0.15, -0.1) is 0 Å². The van der Waals surface area contributed by atoms with Crippen LogP contribution in [0.15, 0.2) is 24.3 Å². The third kappa shape index (κ3) is 4.15. The van der Waals surface area contributed by atoms with Crippen molar-refractivity contribution in [1.29, 1.82) is 0 Å². The molecule has 0 aliphatic carbocycles. The largest absolute Gasteiger partial charge is 0.452 e. The molecule has 2 rings (SSSR count). The molecule has 0 atom stereocenters. The van der Waals surface area contributed by atoms with Gasteiger partial charge in [0, 0.05) is 19.4 Å². The fourth-order valence-electron chi connectivity index (χ4n) is 2.17. The molecule has 1 N–H and O–H groups in total. The number of hydrogen-bond acceptors (Lipinski definition) is 5. The number of carbonyl (C=O) groups is 4. The normalized spacial score (nSPS) is 14.0. The van der Waals surface area contributed by atoms with E-state index in [9.17, 15) is 19.2 Å². The van der Waals surface area contributed by atoms with Gasteiger partial charge in [-0.3, -0.25) is 19.3 Å². The van der Waals surface area contributed by atoms with E-state index in [-0.39, 0.29) is 42.7 Å². The van der Waals surface area contributed by atoms with Gasteiger partial charge in [-0.1, -0.05) is 13.0 Å². The Bertz CT molecular complexity index is 625. The number of nitrogens with zero attached hydrogens (tertiary/aromatic N) is 1. The Morgan fingerprint density at radius 3 is 2.57 bits per heavy atom. The number of ether oxygens (including phenoxy) is 1. The molecule has 1 aromatic rings. The fraction of sp³-hybridized carbons (Fsp3) is 0.375. The molecule has 7 heteroatoms. The van der Waals surface area contributed by atoms with Crippen molar-refractivity contribution >= 4 is 29.4 Å². The van der Waals surface area contributed by atoms with Crippen molar-refractivity contribution in [2.45, 2.75) is 26.2 Å². The van der Waals surface area contributed by atoms with Crippen LogP contribution in [0.25, 0.3) is 0 Å². The second-order valence-electron chi connectivity index (χ2n) is 5.10. The number of hydrogen-bond donors (Lipinski definition) is 1. The summed E-state index contributed by atoms with van der Waals surface area (Å²) >= 11 is 0. The highest BCUT2D eigenvalue weighted by Crippen LogP contribution is 2.23. The van der Waals surface area contributed by atoms with Crippen LogP contribution in [0.4, 0.5) is 5.69 Å². The molecule has 0 saturated carbocycles. The number of amides is 3. The van der Waals surface area contributed by atoms with Crippen LogP contribution >= 0.6 is 0 Å². The highest BCUT2D eigenvalue weighted by molar-refractivity contribution is 6.20. The van der Waals surface area contributed by atoms with Crippen molar-refractivity contribution < 1.29 is 23.9 Å². The quantitative estimate of drug-likeness (QED) is 0.624. The van der Waals surface area contributed by atoms with Crippen molar-refractivity contribution in [3.8, 4) is 0 Å². The van der Waals surface area contributed by atoms with Crippen molar-refractivity contribution in [2.75, 3.05) is 18.1 Å². The van der Waals surface area contributed by atoms with E-state index in [0.717, 1.165) is 11.3 Å². The number of esters is 1. The van der Waals surface area contributed by atoms with Crippen LogP contribution in [0.3, 0.4) is 0 Å². The lowest BCUT2D eigenvalue weighted by Crippen LogP contribution is -2.30. The summed E-state index contributed by atoms with van der Waals surface area (Å²) in [5, 5.41) is 2.59. The lowest BCUT2D eigenvalue weighted by molar-refractivity contribution is -0.124. The topological polar surface area (TPSA) is 92.8 Å². The Kier molecular flexibility index (Phi) is 5.46. The number of anilines is 1. The molecule has 1 aliphatic rings. The van der Waals surface area contributed by atoms with E-state index in [1.54, 1.807) is 12.1 Å². The van der Waals surface area contributed by atoms with Crippen molar-refractivity contribution in [3.05, 3.63) is 29.8 Å². The SMILES string of the molecule is CCCNC(=O)COC(=O)c1cccc(N2C(=O)CCC2=O)c1. The van der Waals surface area contributed by atoms with E-state index in [0.29, 0.717) is 12.2 Å². The summed E-state index contributed by atoms with van der Waals surface area (Å²) in [5.41, 5.74) is 0.515. The zero-order valence-corrected chi connectivity index (χ0v) is 12.8. The summed E-state index contributed by atoms with van der Waals surface area (Å²) in [6.07, 6.45) is 1.13. The third-order valence-electron chi connectivity index (χ3n) is 3.30. The molecule has 0 bridgehead atoms. The van der Waals surface area contributed by atoms with E-state index >= 15 is 0 Å². The summed E-state index contributed by atoms with van der Waals surface area (Å²) in [6, 6.07) is 6.04. The maximum atomic E-state index is 12.0. The number of carbonyl (C=O) groups excluding carboxylic acids is 4. The van der Waals surface area contributed by atoms with Gasteiger partial charge in [0.05, 0.1) is 11.3 Å². The van der Waals surface area contributed by atoms with Crippen molar-refractivity contribution in [1.82, 2.24) is 5.32 Å². The van der Waals surface area contributed by atoms with Gasteiger partial charge in [-0.25, -0.2) is 4.79 Å². The van der Waals surface area contributed by atoms with Gasteiger partial charge in [-0.2, -0.15) is 0 Å². The highest BCUT2D eigenvalue weighted by atomic mass is 16.5. The highest BCUT2D eigenvalue weighted by Gasteiger charge is 2.30. The molecule has 1 saturated heterocycles. The van der Waals surface area contributed by atoms with E-state index in [1.807, 2.05) is 6.92 Å². The molecule has 1 aliphatic heterocycles. The molecule has 0 radical (unpaired) electrons. The van der Waals surface area contributed by atoms with E-state index < -0.39 is 5.97 Å². The molecule has 1 fully saturated rings. The van der Waals surface area contributed by atoms with Crippen LogP contribution in [-0.2, 0) is 19.1 Å². The van der Waals surface area contributed by atoms with Crippen LogP contribution in [-0.4, -0.2) is 36.8 Å². The minimum absolute atomic E-state index is 0.172. The van der Waals surface area contributed by atoms with E-state index in [4.69, 9.17) is 4.74 Å². The minimum atomic E-state index is -0.683. The van der Waals surface area contributed by atoms with E-state index in [2.05, 4.69) is 5.32 Å². The smallest absolute Gasteiger partial charge is 0.338 e. The standard InChI is InChI=1S/C16H18N2O5/c1-2-8-17-13(19)10-23-16(22)11-4-3-5-12(9-11)18-14(20)6-7-15(18)21/h3-5,9H,2,6-8,10H2,1H3,(H,17,19). The molecule has 0 spiro atoms. The molecule has 1 heterocycles. The van der Waals surface area contributed by atoms with Crippen LogP contribution in [0.1, 0.15) is 36.5 Å². The summed E-state index contributed by atoms with van der Waals surface area (Å²) in [5.74, 6) is -1.64. The Balaban J connectivity index is 2.02. The number of nitrogens with one attached hydrogen (secondary N) is 1. The second-order valence-corrected chi connectivity index (χ2v) is 5.10. The van der Waals surface area contributed by atoms with E-state index in [1.165, 1.54) is 12.1 Å². The Morgan fingerprint density at radius 1 is 1.22 bits per heavy atom. The third-order valence-corrected chi connectivity index (χ3v) is 3.30. The monoisotopic (exact) mass is 318 g/mol. The van der Waals surface area contributed by atoms with Gasteiger partial charge < -0.3 is 10.1 Å². The summed E-state index contributed by atoms with van der Waals surface area (Å²) in [7, 11) is 0. The number of rotatable bonds is 6. The first kappa shape index (κ1) is 16.7. The predicted molar refractivity (Wildman–Crippen MR) is 81.8 cm³/mol. The summed E-state index contributed by atoms with van der Waals surface area (Å²) in [4.78, 5) is 47.9. The van der Waals surface area contributed by atoms with Crippen molar-refractivity contribution in [2.24, 2.45) is 0 Å². The first-order valence-corrected chi connectivity index (χ1v) is 7.42. The number of imide groups is 1. The second kappa shape index (κ2) is 7.53. The van der Waals surface area contributed by atoms with Gasteiger partial charge in [0.2, 0.25) is 11.8 Å². The Labute approximate surface area is 133 Å². The van der Waals surface area contributed by atoms with Crippen LogP contribution in [0.2, 0.25) is 0 Å². The Hall–Kier alpha value is -2.70. The lowest BCUT2D eigenvalue weighted by atomic mass is 10.2. The van der Waals surface area contributed by atoms with Gasteiger partial charge in [0.25, 0.3) is 5.91 Å². The lowest BCUT2D eigenvalue weighted by Gasteiger charge is -2.14. The predicted octanol–water partition coefficient (Wildman–Crippen LogP) is 1.02. The molecule has 0 aromatic heterocycles. The zero-order valence-electron chi connectivity index (χ0n) is 12.8. The van der Waals surface area contributed by atoms with Crippen LogP contribution in [0, 0.1) is 0 Å². The molecule has 23 heavy (non-hydrogen) atoms. The molecule has 7 nitrogen and oxygen atoms in total. The average molecular weight is 318 g/mol. The van der Waals surface area contributed by atoms with Crippen LogP contribution < -0.4 is 10.2 Å². The number of benzene rings is 1. The van der Waals surface area contributed by atoms with Crippen molar-refractivity contribution in [3.63, 3.8) is 0 Å². The molecule has 122 valence electrons. The first-order valence-electron chi connectivity index (χ1n) is 7.42. The van der Waals surface area contributed by atoms with Gasteiger partial charge >= 0.3 is 5.97 Å². The molecule has 1 aromatic carbocycles. The van der Waals surface area contributed by atoms with Gasteiger partial charge in [-0.05, 0) is 24.6 Å². The Morgan fingerprint density at radius 2 is 1.91 bits per heavy atom. The molecular weight excluding hydrogens is 300 g/mol. The summed E-state index contributed by atoms with van der Waals surface area (Å²) in [6.45, 7) is 2.06. The molecule has 3 amide bonds. The fourth-order valence-corrected chi connectivity index (χ4v) is 2.17. The van der Waals surface area contributed by atoms with Gasteiger partial charge in [0.15, 0.2) is 6.61 Å².